The summed E-state index contributed by atoms with van der Waals surface area (Å²) < 4.78 is 5.21. The summed E-state index contributed by atoms with van der Waals surface area (Å²) in [6.07, 6.45) is 5.00. The Hall–Kier alpha value is -0.970. The predicted octanol–water partition coefficient (Wildman–Crippen LogP) is 1.14. The third kappa shape index (κ3) is 4.37. The van der Waals surface area contributed by atoms with Gasteiger partial charge in [-0.3, -0.25) is 4.98 Å². The molecule has 0 spiro atoms. The second-order valence-electron chi connectivity index (χ2n) is 4.95. The first-order valence-electron chi connectivity index (χ1n) is 6.69. The Balaban J connectivity index is 1.56. The zero-order chi connectivity index (χ0) is 12.6. The minimum absolute atomic E-state index is 0.730. The number of ether oxygens (including phenoxy) is 1. The van der Waals surface area contributed by atoms with Crippen molar-refractivity contribution in [2.24, 2.45) is 5.92 Å². The second-order valence-corrected chi connectivity index (χ2v) is 4.95. The molecule has 0 aliphatic carbocycles. The van der Waals surface area contributed by atoms with E-state index in [2.05, 4.69) is 21.3 Å². The Kier molecular flexibility index (Phi) is 5.58. The van der Waals surface area contributed by atoms with Gasteiger partial charge in [0.1, 0.15) is 0 Å². The van der Waals surface area contributed by atoms with Gasteiger partial charge >= 0.3 is 0 Å². The largest absolute Gasteiger partial charge is 0.384 e. The van der Waals surface area contributed by atoms with E-state index in [9.17, 15) is 0 Å². The molecule has 2 rings (SSSR count). The minimum Gasteiger partial charge on any atom is -0.384 e. The summed E-state index contributed by atoms with van der Waals surface area (Å²) >= 11 is 0. The van der Waals surface area contributed by atoms with Crippen LogP contribution in [0, 0.1) is 5.92 Å². The van der Waals surface area contributed by atoms with E-state index in [1.807, 2.05) is 18.5 Å². The van der Waals surface area contributed by atoms with Gasteiger partial charge in [-0.25, -0.2) is 0 Å². The van der Waals surface area contributed by atoms with Gasteiger partial charge in [-0.1, -0.05) is 6.07 Å². The number of pyridine rings is 1. The number of hydrogen-bond donors (Lipinski definition) is 1. The molecule has 0 radical (unpaired) electrons. The van der Waals surface area contributed by atoms with E-state index in [0.717, 1.165) is 32.2 Å². The van der Waals surface area contributed by atoms with Crippen molar-refractivity contribution in [2.45, 2.75) is 13.0 Å². The molecule has 1 N–H and O–H groups in total. The van der Waals surface area contributed by atoms with Crippen LogP contribution >= 0.6 is 0 Å². The zero-order valence-electron chi connectivity index (χ0n) is 11.1. The molecule has 100 valence electrons. The standard InChI is InChI=1S/C14H23N3O/c1-18-12-14-4-7-17(11-14)8-6-16-10-13-3-2-5-15-9-13/h2-3,5,9,14,16H,4,6-8,10-12H2,1H3. The molecule has 1 aromatic heterocycles. The molecule has 1 fully saturated rings. The molecular formula is C14H23N3O. The molecule has 1 aliphatic rings. The van der Waals surface area contributed by atoms with Crippen LogP contribution in [-0.4, -0.2) is 49.8 Å². The zero-order valence-corrected chi connectivity index (χ0v) is 11.1. The minimum atomic E-state index is 0.730. The van der Waals surface area contributed by atoms with Gasteiger partial charge in [0.25, 0.3) is 0 Å². The van der Waals surface area contributed by atoms with Crippen molar-refractivity contribution < 1.29 is 4.74 Å². The SMILES string of the molecule is COCC1CCN(CCNCc2cccnc2)C1. The highest BCUT2D eigenvalue weighted by Crippen LogP contribution is 2.15. The maximum Gasteiger partial charge on any atom is 0.0503 e. The summed E-state index contributed by atoms with van der Waals surface area (Å²) in [5.74, 6) is 0.730. The van der Waals surface area contributed by atoms with Gasteiger partial charge < -0.3 is 15.0 Å². The Morgan fingerprint density at radius 1 is 1.56 bits per heavy atom. The fraction of sp³-hybridized carbons (Fsp3) is 0.643. The van der Waals surface area contributed by atoms with Crippen LogP contribution in [0.15, 0.2) is 24.5 Å². The second kappa shape index (κ2) is 7.46. The lowest BCUT2D eigenvalue weighted by Gasteiger charge is -2.16. The number of methoxy groups -OCH3 is 1. The molecule has 1 unspecified atom stereocenters. The number of aromatic nitrogens is 1. The summed E-state index contributed by atoms with van der Waals surface area (Å²) in [5, 5.41) is 3.46. The van der Waals surface area contributed by atoms with Crippen LogP contribution in [0.4, 0.5) is 0 Å². The van der Waals surface area contributed by atoms with E-state index in [1.165, 1.54) is 25.1 Å². The van der Waals surface area contributed by atoms with Crippen molar-refractivity contribution in [3.05, 3.63) is 30.1 Å². The first-order chi connectivity index (χ1) is 8.88. The molecule has 0 bridgehead atoms. The number of nitrogens with zero attached hydrogens (tertiary/aromatic N) is 2. The Morgan fingerprint density at radius 2 is 2.50 bits per heavy atom. The molecule has 4 nitrogen and oxygen atoms in total. The molecule has 4 heteroatoms. The molecule has 1 aliphatic heterocycles. The van der Waals surface area contributed by atoms with Gasteiger partial charge in [-0.2, -0.15) is 0 Å². The number of likely N-dealkylation sites (tertiary alicyclic amines) is 1. The number of rotatable bonds is 7. The van der Waals surface area contributed by atoms with E-state index < -0.39 is 0 Å². The van der Waals surface area contributed by atoms with Crippen molar-refractivity contribution >= 4 is 0 Å². The van der Waals surface area contributed by atoms with E-state index >= 15 is 0 Å². The predicted molar refractivity (Wildman–Crippen MR) is 72.4 cm³/mol. The Bertz CT molecular complexity index is 331. The van der Waals surface area contributed by atoms with E-state index in [0.29, 0.717) is 0 Å². The smallest absolute Gasteiger partial charge is 0.0503 e. The van der Waals surface area contributed by atoms with Crippen LogP contribution in [-0.2, 0) is 11.3 Å². The first kappa shape index (κ1) is 13.5. The lowest BCUT2D eigenvalue weighted by atomic mass is 10.1. The van der Waals surface area contributed by atoms with Gasteiger partial charge in [-0.15, -0.1) is 0 Å². The highest BCUT2D eigenvalue weighted by Gasteiger charge is 2.21. The van der Waals surface area contributed by atoms with Gasteiger partial charge in [0.2, 0.25) is 0 Å². The molecule has 2 heterocycles. The lowest BCUT2D eigenvalue weighted by molar-refractivity contribution is 0.153. The summed E-state index contributed by atoms with van der Waals surface area (Å²) in [4.78, 5) is 6.62. The van der Waals surface area contributed by atoms with Crippen LogP contribution in [0.2, 0.25) is 0 Å². The third-order valence-corrected chi connectivity index (χ3v) is 3.43. The van der Waals surface area contributed by atoms with E-state index in [-0.39, 0.29) is 0 Å². The molecule has 0 amide bonds. The molecule has 1 saturated heterocycles. The van der Waals surface area contributed by atoms with Crippen molar-refractivity contribution in [3.8, 4) is 0 Å². The molecule has 0 aromatic carbocycles. The Morgan fingerprint density at radius 3 is 3.28 bits per heavy atom. The molecule has 1 aromatic rings. The number of hydrogen-bond acceptors (Lipinski definition) is 4. The molecule has 1 atom stereocenters. The van der Waals surface area contributed by atoms with Crippen LogP contribution in [0.3, 0.4) is 0 Å². The highest BCUT2D eigenvalue weighted by molar-refractivity contribution is 5.07. The number of nitrogens with one attached hydrogen (secondary N) is 1. The summed E-state index contributed by atoms with van der Waals surface area (Å²) in [6.45, 7) is 6.36. The first-order valence-corrected chi connectivity index (χ1v) is 6.69. The molecule has 18 heavy (non-hydrogen) atoms. The van der Waals surface area contributed by atoms with Crippen LogP contribution in [0.1, 0.15) is 12.0 Å². The van der Waals surface area contributed by atoms with Gasteiger partial charge in [0.05, 0.1) is 6.61 Å². The van der Waals surface area contributed by atoms with Gasteiger partial charge in [0.15, 0.2) is 0 Å². The topological polar surface area (TPSA) is 37.4 Å². The summed E-state index contributed by atoms with van der Waals surface area (Å²) in [7, 11) is 1.79. The quantitative estimate of drug-likeness (QED) is 0.735. The lowest BCUT2D eigenvalue weighted by Crippen LogP contribution is -2.30. The summed E-state index contributed by atoms with van der Waals surface area (Å²) in [6, 6.07) is 4.08. The average molecular weight is 249 g/mol. The van der Waals surface area contributed by atoms with Gasteiger partial charge in [-0.05, 0) is 30.5 Å². The maximum atomic E-state index is 5.21. The van der Waals surface area contributed by atoms with Crippen molar-refractivity contribution in [1.82, 2.24) is 15.2 Å². The molecular weight excluding hydrogens is 226 g/mol. The molecule has 0 saturated carbocycles. The van der Waals surface area contributed by atoms with Crippen molar-refractivity contribution in [2.75, 3.05) is 39.9 Å². The summed E-state index contributed by atoms with van der Waals surface area (Å²) in [5.41, 5.74) is 1.25. The van der Waals surface area contributed by atoms with Crippen molar-refractivity contribution in [1.29, 1.82) is 0 Å². The van der Waals surface area contributed by atoms with Crippen LogP contribution < -0.4 is 5.32 Å². The van der Waals surface area contributed by atoms with Crippen LogP contribution in [0.5, 0.6) is 0 Å². The fourth-order valence-corrected chi connectivity index (χ4v) is 2.46. The average Bonchev–Trinajstić information content (AvgIpc) is 2.84. The van der Waals surface area contributed by atoms with E-state index in [1.54, 1.807) is 7.11 Å². The normalized spacial score (nSPS) is 20.4. The highest BCUT2D eigenvalue weighted by atomic mass is 16.5. The van der Waals surface area contributed by atoms with Gasteiger partial charge in [0, 0.05) is 45.7 Å². The fourth-order valence-electron chi connectivity index (χ4n) is 2.46. The maximum absolute atomic E-state index is 5.21. The van der Waals surface area contributed by atoms with E-state index in [4.69, 9.17) is 4.74 Å². The third-order valence-electron chi connectivity index (χ3n) is 3.43. The van der Waals surface area contributed by atoms with Crippen molar-refractivity contribution in [3.63, 3.8) is 0 Å². The Labute approximate surface area is 109 Å². The van der Waals surface area contributed by atoms with Crippen LogP contribution in [0.25, 0.3) is 0 Å². The monoisotopic (exact) mass is 249 g/mol.